The van der Waals surface area contributed by atoms with Crippen molar-refractivity contribution in [2.45, 2.75) is 0 Å². The lowest BCUT2D eigenvalue weighted by molar-refractivity contribution is 0.0957. The average molecular weight is 289 g/mol. The highest BCUT2D eigenvalue weighted by Gasteiger charge is 2.09. The van der Waals surface area contributed by atoms with Crippen LogP contribution in [0.5, 0.6) is 0 Å². The molecule has 0 saturated heterocycles. The summed E-state index contributed by atoms with van der Waals surface area (Å²) in [6.07, 6.45) is 0. The SMILES string of the molecule is CN(C)CC(=O)c1ccccc1I. The first kappa shape index (κ1) is 10.7. The summed E-state index contributed by atoms with van der Waals surface area (Å²) in [7, 11) is 3.79. The van der Waals surface area contributed by atoms with Gasteiger partial charge in [0.2, 0.25) is 0 Å². The summed E-state index contributed by atoms with van der Waals surface area (Å²) in [5, 5.41) is 0. The zero-order valence-corrected chi connectivity index (χ0v) is 9.91. The van der Waals surface area contributed by atoms with Crippen molar-refractivity contribution in [3.8, 4) is 0 Å². The zero-order chi connectivity index (χ0) is 9.84. The van der Waals surface area contributed by atoms with Crippen LogP contribution in [0.15, 0.2) is 24.3 Å². The molecule has 1 rings (SSSR count). The van der Waals surface area contributed by atoms with Gasteiger partial charge in [-0.1, -0.05) is 18.2 Å². The van der Waals surface area contributed by atoms with Crippen LogP contribution in [0, 0.1) is 3.57 Å². The second-order valence-electron chi connectivity index (χ2n) is 3.14. The van der Waals surface area contributed by atoms with Gasteiger partial charge in [-0.3, -0.25) is 4.79 Å². The molecule has 0 aliphatic heterocycles. The van der Waals surface area contributed by atoms with Crippen LogP contribution < -0.4 is 0 Å². The molecule has 0 atom stereocenters. The Morgan fingerprint density at radius 3 is 2.54 bits per heavy atom. The van der Waals surface area contributed by atoms with E-state index in [1.807, 2.05) is 43.3 Å². The second-order valence-corrected chi connectivity index (χ2v) is 4.30. The van der Waals surface area contributed by atoms with Crippen LogP contribution in [-0.4, -0.2) is 31.3 Å². The molecule has 0 bridgehead atoms. The van der Waals surface area contributed by atoms with Crippen molar-refractivity contribution < 1.29 is 4.79 Å². The minimum absolute atomic E-state index is 0.176. The third kappa shape index (κ3) is 3.08. The zero-order valence-electron chi connectivity index (χ0n) is 7.75. The van der Waals surface area contributed by atoms with Crippen LogP contribution in [0.2, 0.25) is 0 Å². The molecule has 0 aliphatic carbocycles. The number of nitrogens with zero attached hydrogens (tertiary/aromatic N) is 1. The first-order valence-corrected chi connectivity index (χ1v) is 5.11. The largest absolute Gasteiger partial charge is 0.302 e. The standard InChI is InChI=1S/C10H12INO/c1-12(2)7-10(13)8-5-3-4-6-9(8)11/h3-6H,7H2,1-2H3. The Morgan fingerprint density at radius 1 is 1.38 bits per heavy atom. The van der Waals surface area contributed by atoms with E-state index >= 15 is 0 Å². The fourth-order valence-electron chi connectivity index (χ4n) is 1.06. The third-order valence-electron chi connectivity index (χ3n) is 1.63. The number of hydrogen-bond donors (Lipinski definition) is 0. The van der Waals surface area contributed by atoms with Gasteiger partial charge in [0.1, 0.15) is 0 Å². The smallest absolute Gasteiger partial charge is 0.177 e. The van der Waals surface area contributed by atoms with Crippen molar-refractivity contribution >= 4 is 28.4 Å². The van der Waals surface area contributed by atoms with Crippen LogP contribution in [0.3, 0.4) is 0 Å². The number of halogens is 1. The first-order chi connectivity index (χ1) is 6.11. The molecule has 0 amide bonds. The highest BCUT2D eigenvalue weighted by Crippen LogP contribution is 2.11. The van der Waals surface area contributed by atoms with Gasteiger partial charge < -0.3 is 4.90 Å². The van der Waals surface area contributed by atoms with Crippen molar-refractivity contribution in [1.29, 1.82) is 0 Å². The highest BCUT2D eigenvalue weighted by molar-refractivity contribution is 14.1. The molecule has 13 heavy (non-hydrogen) atoms. The van der Waals surface area contributed by atoms with Crippen LogP contribution in [-0.2, 0) is 0 Å². The van der Waals surface area contributed by atoms with E-state index in [-0.39, 0.29) is 5.78 Å². The van der Waals surface area contributed by atoms with Crippen LogP contribution >= 0.6 is 22.6 Å². The fraction of sp³-hybridized carbons (Fsp3) is 0.300. The number of ketones is 1. The lowest BCUT2D eigenvalue weighted by atomic mass is 10.1. The molecule has 0 saturated carbocycles. The number of carbonyl (C=O) groups excluding carboxylic acids is 1. The van der Waals surface area contributed by atoms with E-state index in [9.17, 15) is 4.79 Å². The van der Waals surface area contributed by atoms with Crippen LogP contribution in [0.25, 0.3) is 0 Å². The summed E-state index contributed by atoms with van der Waals surface area (Å²) in [6.45, 7) is 0.472. The molecular weight excluding hydrogens is 277 g/mol. The molecule has 1 aromatic rings. The summed E-state index contributed by atoms with van der Waals surface area (Å²) in [6, 6.07) is 7.65. The Bertz CT molecular complexity index is 310. The van der Waals surface area contributed by atoms with E-state index < -0.39 is 0 Å². The van der Waals surface area contributed by atoms with Crippen LogP contribution in [0.4, 0.5) is 0 Å². The molecule has 2 nitrogen and oxygen atoms in total. The van der Waals surface area contributed by atoms with E-state index in [2.05, 4.69) is 22.6 Å². The third-order valence-corrected chi connectivity index (χ3v) is 2.57. The number of benzene rings is 1. The molecule has 3 heteroatoms. The van der Waals surface area contributed by atoms with Crippen LogP contribution in [0.1, 0.15) is 10.4 Å². The first-order valence-electron chi connectivity index (χ1n) is 4.03. The van der Waals surface area contributed by atoms with E-state index in [1.165, 1.54) is 0 Å². The lowest BCUT2D eigenvalue weighted by Crippen LogP contribution is -2.22. The molecule has 0 N–H and O–H groups in total. The molecule has 0 radical (unpaired) electrons. The summed E-state index contributed by atoms with van der Waals surface area (Å²) >= 11 is 2.18. The van der Waals surface area contributed by atoms with Crippen molar-refractivity contribution in [2.24, 2.45) is 0 Å². The van der Waals surface area contributed by atoms with E-state index in [1.54, 1.807) is 0 Å². The monoisotopic (exact) mass is 289 g/mol. The molecule has 0 heterocycles. The van der Waals surface area contributed by atoms with E-state index in [4.69, 9.17) is 0 Å². The molecule has 0 unspecified atom stereocenters. The van der Waals surface area contributed by atoms with Crippen molar-refractivity contribution in [3.05, 3.63) is 33.4 Å². The van der Waals surface area contributed by atoms with E-state index in [0.717, 1.165) is 9.13 Å². The Balaban J connectivity index is 2.83. The molecule has 0 spiro atoms. The van der Waals surface area contributed by atoms with Gasteiger partial charge in [0.15, 0.2) is 5.78 Å². The number of rotatable bonds is 3. The normalized spacial score (nSPS) is 10.5. The van der Waals surface area contributed by atoms with Gasteiger partial charge in [-0.05, 0) is 42.8 Å². The summed E-state index contributed by atoms with van der Waals surface area (Å²) in [5.41, 5.74) is 0.816. The average Bonchev–Trinajstić information content (AvgIpc) is 2.03. The summed E-state index contributed by atoms with van der Waals surface area (Å²) < 4.78 is 1.02. The quantitative estimate of drug-likeness (QED) is 0.627. The Labute approximate surface area is 92.1 Å². The molecule has 0 aliphatic rings. The van der Waals surface area contributed by atoms with Gasteiger partial charge in [-0.2, -0.15) is 0 Å². The summed E-state index contributed by atoms with van der Waals surface area (Å²) in [4.78, 5) is 13.5. The van der Waals surface area contributed by atoms with Gasteiger partial charge in [0.05, 0.1) is 6.54 Å². The Hall–Kier alpha value is -0.420. The minimum Gasteiger partial charge on any atom is -0.302 e. The van der Waals surface area contributed by atoms with Gasteiger partial charge in [-0.25, -0.2) is 0 Å². The highest BCUT2D eigenvalue weighted by atomic mass is 127. The number of Topliss-reactive ketones (excluding diaryl/α,β-unsaturated/α-hetero) is 1. The maximum atomic E-state index is 11.6. The predicted molar refractivity (Wildman–Crippen MR) is 62.0 cm³/mol. The van der Waals surface area contributed by atoms with Crippen molar-refractivity contribution in [2.75, 3.05) is 20.6 Å². The number of carbonyl (C=O) groups is 1. The molecule has 70 valence electrons. The second kappa shape index (κ2) is 4.72. The lowest BCUT2D eigenvalue weighted by Gasteiger charge is -2.08. The topological polar surface area (TPSA) is 20.3 Å². The molecule has 0 fully saturated rings. The van der Waals surface area contributed by atoms with Gasteiger partial charge in [0.25, 0.3) is 0 Å². The van der Waals surface area contributed by atoms with Crippen molar-refractivity contribution in [3.63, 3.8) is 0 Å². The fourth-order valence-corrected chi connectivity index (χ4v) is 1.75. The molecule has 1 aromatic carbocycles. The van der Waals surface area contributed by atoms with Gasteiger partial charge in [0, 0.05) is 9.13 Å². The van der Waals surface area contributed by atoms with Gasteiger partial charge in [-0.15, -0.1) is 0 Å². The minimum atomic E-state index is 0.176. The molecule has 0 aromatic heterocycles. The van der Waals surface area contributed by atoms with Gasteiger partial charge >= 0.3 is 0 Å². The maximum absolute atomic E-state index is 11.6. The maximum Gasteiger partial charge on any atom is 0.177 e. The Kier molecular flexibility index (Phi) is 3.87. The number of hydrogen-bond acceptors (Lipinski definition) is 2. The Morgan fingerprint density at radius 2 is 2.00 bits per heavy atom. The molecular formula is C10H12INO. The van der Waals surface area contributed by atoms with E-state index in [0.29, 0.717) is 6.54 Å². The number of likely N-dealkylation sites (N-methyl/N-ethyl adjacent to an activating group) is 1. The predicted octanol–water partition coefficient (Wildman–Crippen LogP) is 2.04. The van der Waals surface area contributed by atoms with Crippen molar-refractivity contribution in [1.82, 2.24) is 4.90 Å². The summed E-state index contributed by atoms with van der Waals surface area (Å²) in [5.74, 6) is 0.176.